The Morgan fingerprint density at radius 1 is 0.420 bits per heavy atom. The maximum atomic E-state index is 11.0. The second-order valence-corrected chi connectivity index (χ2v) is 12.6. The Labute approximate surface area is 304 Å². The Balaban J connectivity index is 1.65. The van der Waals surface area contributed by atoms with Crippen molar-refractivity contribution in [3.8, 4) is 5.75 Å². The van der Waals surface area contributed by atoms with Gasteiger partial charge < -0.3 is 43.2 Å². The van der Waals surface area contributed by atoms with E-state index in [9.17, 15) is 4.79 Å². The molecule has 0 heterocycles. The summed E-state index contributed by atoms with van der Waals surface area (Å²) in [5.41, 5.74) is 0.740. The Kier molecular flexibility index (Phi) is 35.5. The summed E-state index contributed by atoms with van der Waals surface area (Å²) in [6.45, 7) is 12.0. The van der Waals surface area contributed by atoms with Crippen molar-refractivity contribution in [2.75, 3.05) is 104 Å². The Hall–Kier alpha value is -1.79. The molecule has 0 aliphatic rings. The number of carbonyl (C=O) groups excluding carboxylic acids is 1. The van der Waals surface area contributed by atoms with Gasteiger partial charge >= 0.3 is 0 Å². The molecule has 10 nitrogen and oxygen atoms in total. The van der Waals surface area contributed by atoms with Crippen LogP contribution >= 0.6 is 0 Å². The molecule has 0 atom stereocenters. The highest BCUT2D eigenvalue weighted by molar-refractivity contribution is 5.88. The zero-order valence-corrected chi connectivity index (χ0v) is 31.9. The highest BCUT2D eigenvalue weighted by Crippen LogP contribution is 2.16. The molecule has 292 valence electrons. The third kappa shape index (κ3) is 34.6. The van der Waals surface area contributed by atoms with Gasteiger partial charge in [-0.05, 0) is 30.7 Å². The van der Waals surface area contributed by atoms with Gasteiger partial charge in [-0.15, -0.1) is 0 Å². The van der Waals surface area contributed by atoms with Gasteiger partial charge in [0.15, 0.2) is 0 Å². The number of nitrogens with one attached hydrogen (secondary N) is 1. The summed E-state index contributed by atoms with van der Waals surface area (Å²) in [7, 11) is 0. The molecule has 0 radical (unpaired) electrons. The summed E-state index contributed by atoms with van der Waals surface area (Å²) in [6.07, 6.45) is 22.2. The van der Waals surface area contributed by atoms with Crippen molar-refractivity contribution >= 4 is 11.6 Å². The average molecular weight is 712 g/mol. The number of rotatable bonds is 40. The molecule has 0 bridgehead atoms. The van der Waals surface area contributed by atoms with Crippen LogP contribution in [0.3, 0.4) is 0 Å². The van der Waals surface area contributed by atoms with Crippen LogP contribution in [0.15, 0.2) is 24.3 Å². The average Bonchev–Trinajstić information content (AvgIpc) is 3.11. The predicted molar refractivity (Wildman–Crippen MR) is 202 cm³/mol. The molecule has 1 N–H and O–H groups in total. The van der Waals surface area contributed by atoms with Crippen molar-refractivity contribution in [3.63, 3.8) is 0 Å². The first-order valence-electron chi connectivity index (χ1n) is 19.8. The van der Waals surface area contributed by atoms with Gasteiger partial charge in [0, 0.05) is 19.2 Å². The smallest absolute Gasteiger partial charge is 0.221 e. The van der Waals surface area contributed by atoms with Crippen molar-refractivity contribution in [2.24, 2.45) is 0 Å². The minimum Gasteiger partial charge on any atom is -0.491 e. The summed E-state index contributed by atoms with van der Waals surface area (Å²) in [5.74, 6) is 0.626. The van der Waals surface area contributed by atoms with Crippen molar-refractivity contribution in [1.29, 1.82) is 0 Å². The van der Waals surface area contributed by atoms with Crippen LogP contribution in [-0.2, 0) is 38.0 Å². The number of carbonyl (C=O) groups is 1. The van der Waals surface area contributed by atoms with Crippen LogP contribution in [-0.4, -0.2) is 105 Å². The first-order valence-corrected chi connectivity index (χ1v) is 19.8. The van der Waals surface area contributed by atoms with Gasteiger partial charge in [0.2, 0.25) is 5.91 Å². The molecule has 0 saturated carbocycles. The van der Waals surface area contributed by atoms with Crippen LogP contribution in [0, 0.1) is 0 Å². The largest absolute Gasteiger partial charge is 0.491 e. The molecular formula is C40H73NO9. The van der Waals surface area contributed by atoms with Crippen LogP contribution in [0.25, 0.3) is 0 Å². The summed E-state index contributed by atoms with van der Waals surface area (Å²) >= 11 is 0. The number of unbranched alkanes of at least 4 members (excludes halogenated alkanes) is 15. The topological polar surface area (TPSA) is 103 Å². The Bertz CT molecular complexity index is 828. The van der Waals surface area contributed by atoms with Crippen LogP contribution in [0.4, 0.5) is 5.69 Å². The zero-order valence-electron chi connectivity index (χ0n) is 31.9. The van der Waals surface area contributed by atoms with E-state index in [-0.39, 0.29) is 5.91 Å². The molecule has 1 aromatic rings. The van der Waals surface area contributed by atoms with Crippen LogP contribution < -0.4 is 10.1 Å². The van der Waals surface area contributed by atoms with E-state index < -0.39 is 0 Å². The maximum Gasteiger partial charge on any atom is 0.221 e. The van der Waals surface area contributed by atoms with E-state index >= 15 is 0 Å². The van der Waals surface area contributed by atoms with Crippen molar-refractivity contribution in [3.05, 3.63) is 24.3 Å². The molecule has 1 amide bonds. The van der Waals surface area contributed by atoms with Crippen LogP contribution in [0.2, 0.25) is 0 Å². The van der Waals surface area contributed by atoms with Crippen molar-refractivity contribution in [1.82, 2.24) is 0 Å². The second-order valence-electron chi connectivity index (χ2n) is 12.6. The van der Waals surface area contributed by atoms with Gasteiger partial charge in [0.25, 0.3) is 0 Å². The van der Waals surface area contributed by atoms with Crippen molar-refractivity contribution in [2.45, 2.75) is 117 Å². The monoisotopic (exact) mass is 712 g/mol. The lowest BCUT2D eigenvalue weighted by atomic mass is 10.0. The minimum absolute atomic E-state index is 0.101. The van der Waals surface area contributed by atoms with E-state index in [1.807, 2.05) is 12.1 Å². The van der Waals surface area contributed by atoms with E-state index in [4.69, 9.17) is 37.9 Å². The summed E-state index contributed by atoms with van der Waals surface area (Å²) in [6, 6.07) is 7.21. The maximum absolute atomic E-state index is 11.0. The molecule has 0 aliphatic carbocycles. The molecule has 0 unspecified atom stereocenters. The number of benzene rings is 1. The zero-order chi connectivity index (χ0) is 35.8. The molecule has 0 spiro atoms. The number of amides is 1. The fraction of sp³-hybridized carbons (Fsp3) is 0.825. The summed E-state index contributed by atoms with van der Waals surface area (Å²) < 4.78 is 44.5. The summed E-state index contributed by atoms with van der Waals surface area (Å²) in [4.78, 5) is 11.0. The van der Waals surface area contributed by atoms with E-state index in [1.54, 1.807) is 12.1 Å². The van der Waals surface area contributed by atoms with Crippen LogP contribution in [0.1, 0.15) is 117 Å². The summed E-state index contributed by atoms with van der Waals surface area (Å²) in [5, 5.41) is 2.72. The predicted octanol–water partition coefficient (Wildman–Crippen LogP) is 8.40. The van der Waals surface area contributed by atoms with Gasteiger partial charge in [-0.1, -0.05) is 103 Å². The normalized spacial score (nSPS) is 11.3. The molecule has 10 heteroatoms. The van der Waals surface area contributed by atoms with Gasteiger partial charge in [-0.25, -0.2) is 0 Å². The third-order valence-corrected chi connectivity index (χ3v) is 8.05. The van der Waals surface area contributed by atoms with Crippen LogP contribution in [0.5, 0.6) is 5.75 Å². The van der Waals surface area contributed by atoms with Gasteiger partial charge in [0.05, 0.1) is 85.9 Å². The first kappa shape index (κ1) is 46.2. The quantitative estimate of drug-likeness (QED) is 0.0673. The lowest BCUT2D eigenvalue weighted by molar-refractivity contribution is -0.114. The fourth-order valence-corrected chi connectivity index (χ4v) is 5.23. The van der Waals surface area contributed by atoms with Gasteiger partial charge in [0.1, 0.15) is 12.4 Å². The Morgan fingerprint density at radius 3 is 1.06 bits per heavy atom. The minimum atomic E-state index is -0.101. The standard InChI is InChI=1S/C40H73NO9/c1-3-4-5-6-7-8-9-10-11-12-13-14-15-16-17-18-23-43-24-25-44-26-27-45-28-29-46-30-31-47-32-33-48-34-35-49-36-37-50-40-21-19-39(20-22-40)41-38(2)42/h19-22H,3-18,23-37H2,1-2H3,(H,41,42). The van der Waals surface area contributed by atoms with E-state index in [0.717, 1.165) is 24.5 Å². The number of ether oxygens (including phenoxy) is 8. The van der Waals surface area contributed by atoms with E-state index in [1.165, 1.54) is 103 Å². The first-order chi connectivity index (χ1) is 24.7. The lowest BCUT2D eigenvalue weighted by Crippen LogP contribution is -2.15. The van der Waals surface area contributed by atoms with Gasteiger partial charge in [-0.3, -0.25) is 4.79 Å². The molecule has 1 rings (SSSR count). The number of hydrogen-bond acceptors (Lipinski definition) is 9. The van der Waals surface area contributed by atoms with E-state index in [2.05, 4.69) is 12.2 Å². The van der Waals surface area contributed by atoms with E-state index in [0.29, 0.717) is 92.5 Å². The molecule has 0 fully saturated rings. The number of anilines is 1. The number of hydrogen-bond donors (Lipinski definition) is 1. The highest BCUT2D eigenvalue weighted by atomic mass is 16.6. The fourth-order valence-electron chi connectivity index (χ4n) is 5.23. The molecule has 0 aliphatic heterocycles. The molecule has 50 heavy (non-hydrogen) atoms. The second kappa shape index (κ2) is 38.4. The molecular weight excluding hydrogens is 638 g/mol. The molecule has 1 aromatic carbocycles. The molecule has 0 saturated heterocycles. The van der Waals surface area contributed by atoms with Crippen molar-refractivity contribution < 1.29 is 42.7 Å². The highest BCUT2D eigenvalue weighted by Gasteiger charge is 1.99. The lowest BCUT2D eigenvalue weighted by Gasteiger charge is -2.09. The molecule has 0 aromatic heterocycles. The third-order valence-electron chi connectivity index (χ3n) is 8.05. The van der Waals surface area contributed by atoms with Gasteiger partial charge in [-0.2, -0.15) is 0 Å². The Morgan fingerprint density at radius 2 is 0.720 bits per heavy atom. The SMILES string of the molecule is CCCCCCCCCCCCCCCCCCOCCOCCOCCOCCOCCOCCOCCOc1ccc(NC(C)=O)cc1.